The van der Waals surface area contributed by atoms with Crippen molar-refractivity contribution in [2.75, 3.05) is 6.54 Å². The van der Waals surface area contributed by atoms with E-state index in [2.05, 4.69) is 17.2 Å². The van der Waals surface area contributed by atoms with Crippen molar-refractivity contribution in [3.05, 3.63) is 23.2 Å². The lowest BCUT2D eigenvalue weighted by atomic mass is 10.1. The number of carbonyl (C=O) groups is 1. The smallest absolute Gasteiger partial charge is 0.268 e. The Labute approximate surface area is 107 Å². The lowest BCUT2D eigenvalue weighted by molar-refractivity contribution is 0.0952. The number of carbonyl (C=O) groups excluding carboxylic acids is 1. The van der Waals surface area contributed by atoms with E-state index in [9.17, 15) is 4.79 Å². The number of nitrogens with two attached hydrogens (primary N) is 1. The third-order valence-electron chi connectivity index (χ3n) is 3.67. The molecule has 1 saturated heterocycles. The molecule has 1 aromatic heterocycles. The number of amides is 1. The van der Waals surface area contributed by atoms with E-state index in [-0.39, 0.29) is 5.91 Å². The Morgan fingerprint density at radius 3 is 3.11 bits per heavy atom. The number of rotatable bonds is 4. The number of hydrogen-bond acceptors (Lipinski definition) is 4. The molecule has 0 aromatic carbocycles. The molecule has 5 heteroatoms. The van der Waals surface area contributed by atoms with Gasteiger partial charge in [0.2, 0.25) is 0 Å². The van der Waals surface area contributed by atoms with E-state index in [1.165, 1.54) is 12.8 Å². The summed E-state index contributed by atoms with van der Waals surface area (Å²) in [7, 11) is 0. The Balaban J connectivity index is 2.08. The topological polar surface area (TPSA) is 71.5 Å². The fourth-order valence-corrected chi connectivity index (χ4v) is 2.69. The minimum Gasteiger partial charge on any atom is -0.464 e. The molecular formula is C13H21N3O2. The van der Waals surface area contributed by atoms with Gasteiger partial charge in [0.05, 0.1) is 12.1 Å². The summed E-state index contributed by atoms with van der Waals surface area (Å²) in [4.78, 5) is 13.9. The first-order valence-corrected chi connectivity index (χ1v) is 6.50. The van der Waals surface area contributed by atoms with Gasteiger partial charge >= 0.3 is 0 Å². The van der Waals surface area contributed by atoms with E-state index in [0.29, 0.717) is 17.4 Å². The zero-order valence-corrected chi connectivity index (χ0v) is 11.0. The van der Waals surface area contributed by atoms with Gasteiger partial charge in [-0.25, -0.2) is 5.84 Å². The number of hydrogen-bond donors (Lipinski definition) is 2. The first-order valence-electron chi connectivity index (χ1n) is 6.50. The minimum atomic E-state index is -0.295. The maximum atomic E-state index is 11.5. The van der Waals surface area contributed by atoms with Crippen LogP contribution in [-0.2, 0) is 6.54 Å². The molecule has 1 aliphatic rings. The summed E-state index contributed by atoms with van der Waals surface area (Å²) in [5, 5.41) is 0. The quantitative estimate of drug-likeness (QED) is 0.484. The SMILES string of the molecule is CCC1CCCN1Cc1cc(C(=O)NN)c(C)o1. The number of nitrogens with one attached hydrogen (secondary N) is 1. The fraction of sp³-hybridized carbons (Fsp3) is 0.615. The highest BCUT2D eigenvalue weighted by atomic mass is 16.3. The molecule has 2 heterocycles. The van der Waals surface area contributed by atoms with Crippen LogP contribution in [0.4, 0.5) is 0 Å². The zero-order valence-electron chi connectivity index (χ0n) is 11.0. The third-order valence-corrected chi connectivity index (χ3v) is 3.67. The second kappa shape index (κ2) is 5.54. The predicted molar refractivity (Wildman–Crippen MR) is 68.8 cm³/mol. The average molecular weight is 251 g/mol. The minimum absolute atomic E-state index is 0.295. The summed E-state index contributed by atoms with van der Waals surface area (Å²) in [6.07, 6.45) is 3.66. The number of furan rings is 1. The number of hydrazine groups is 1. The molecule has 1 unspecified atom stereocenters. The first kappa shape index (κ1) is 13.1. The second-order valence-electron chi connectivity index (χ2n) is 4.83. The molecule has 1 atom stereocenters. The van der Waals surface area contributed by atoms with Gasteiger partial charge in [-0.2, -0.15) is 0 Å². The summed E-state index contributed by atoms with van der Waals surface area (Å²) >= 11 is 0. The van der Waals surface area contributed by atoms with Gasteiger partial charge < -0.3 is 4.42 Å². The number of aryl methyl sites for hydroxylation is 1. The van der Waals surface area contributed by atoms with E-state index >= 15 is 0 Å². The summed E-state index contributed by atoms with van der Waals surface area (Å²) in [5.41, 5.74) is 2.66. The van der Waals surface area contributed by atoms with Crippen molar-refractivity contribution in [3.63, 3.8) is 0 Å². The van der Waals surface area contributed by atoms with E-state index in [4.69, 9.17) is 10.3 Å². The molecule has 0 radical (unpaired) electrons. The number of likely N-dealkylation sites (tertiary alicyclic amines) is 1. The van der Waals surface area contributed by atoms with Gasteiger partial charge in [0.1, 0.15) is 11.5 Å². The van der Waals surface area contributed by atoms with Crippen LogP contribution in [0, 0.1) is 6.92 Å². The normalized spacial score (nSPS) is 20.3. The Kier molecular flexibility index (Phi) is 4.04. The van der Waals surface area contributed by atoms with Gasteiger partial charge in [-0.05, 0) is 38.8 Å². The average Bonchev–Trinajstić information content (AvgIpc) is 2.95. The maximum absolute atomic E-state index is 11.5. The fourth-order valence-electron chi connectivity index (χ4n) is 2.69. The van der Waals surface area contributed by atoms with Gasteiger partial charge in [-0.1, -0.05) is 6.92 Å². The first-order chi connectivity index (χ1) is 8.65. The molecule has 2 rings (SSSR count). The molecule has 3 N–H and O–H groups in total. The van der Waals surface area contributed by atoms with Crippen LogP contribution in [-0.4, -0.2) is 23.4 Å². The second-order valence-corrected chi connectivity index (χ2v) is 4.83. The monoisotopic (exact) mass is 251 g/mol. The molecule has 0 spiro atoms. The van der Waals surface area contributed by atoms with Crippen LogP contribution in [0.1, 0.15) is 48.1 Å². The van der Waals surface area contributed by atoms with Crippen molar-refractivity contribution in [2.24, 2.45) is 5.84 Å². The summed E-state index contributed by atoms with van der Waals surface area (Å²) in [6.45, 7) is 5.88. The van der Waals surface area contributed by atoms with Gasteiger partial charge in [0.25, 0.3) is 5.91 Å². The summed E-state index contributed by atoms with van der Waals surface area (Å²) < 4.78 is 5.63. The van der Waals surface area contributed by atoms with Crippen LogP contribution in [0.15, 0.2) is 10.5 Å². The van der Waals surface area contributed by atoms with Crippen LogP contribution in [0.5, 0.6) is 0 Å². The van der Waals surface area contributed by atoms with Crippen LogP contribution in [0.25, 0.3) is 0 Å². The molecule has 0 saturated carbocycles. The molecule has 1 amide bonds. The Morgan fingerprint density at radius 1 is 1.67 bits per heavy atom. The van der Waals surface area contributed by atoms with Crippen molar-refractivity contribution in [1.82, 2.24) is 10.3 Å². The largest absolute Gasteiger partial charge is 0.464 e. The van der Waals surface area contributed by atoms with Gasteiger partial charge in [-0.3, -0.25) is 15.1 Å². The highest BCUT2D eigenvalue weighted by Crippen LogP contribution is 2.24. The molecule has 18 heavy (non-hydrogen) atoms. The molecule has 0 aliphatic carbocycles. The van der Waals surface area contributed by atoms with E-state index in [0.717, 1.165) is 25.3 Å². The lowest BCUT2D eigenvalue weighted by Crippen LogP contribution is -2.30. The third kappa shape index (κ3) is 2.57. The zero-order chi connectivity index (χ0) is 13.1. The van der Waals surface area contributed by atoms with Gasteiger partial charge in [0, 0.05) is 6.04 Å². The highest BCUT2D eigenvalue weighted by Gasteiger charge is 2.24. The summed E-state index contributed by atoms with van der Waals surface area (Å²) in [6, 6.07) is 2.44. The van der Waals surface area contributed by atoms with Crippen molar-refractivity contribution in [1.29, 1.82) is 0 Å². The van der Waals surface area contributed by atoms with E-state index in [1.54, 1.807) is 13.0 Å². The van der Waals surface area contributed by atoms with Crippen LogP contribution >= 0.6 is 0 Å². The van der Waals surface area contributed by atoms with Gasteiger partial charge in [0.15, 0.2) is 0 Å². The van der Waals surface area contributed by atoms with Crippen LogP contribution in [0.2, 0.25) is 0 Å². The molecule has 100 valence electrons. The van der Waals surface area contributed by atoms with Crippen molar-refractivity contribution in [2.45, 2.75) is 45.7 Å². The van der Waals surface area contributed by atoms with Crippen molar-refractivity contribution in [3.8, 4) is 0 Å². The Bertz CT molecular complexity index is 428. The predicted octanol–water partition coefficient (Wildman–Crippen LogP) is 1.57. The van der Waals surface area contributed by atoms with E-state index in [1.807, 2.05) is 0 Å². The maximum Gasteiger partial charge on any atom is 0.268 e. The number of nitrogens with zero attached hydrogens (tertiary/aromatic N) is 1. The summed E-state index contributed by atoms with van der Waals surface area (Å²) in [5.74, 6) is 6.31. The van der Waals surface area contributed by atoms with Crippen LogP contribution < -0.4 is 11.3 Å². The molecule has 1 aromatic rings. The van der Waals surface area contributed by atoms with Crippen LogP contribution in [0.3, 0.4) is 0 Å². The Hall–Kier alpha value is -1.33. The number of nitrogen functional groups attached to an aromatic ring is 1. The highest BCUT2D eigenvalue weighted by molar-refractivity contribution is 5.94. The molecular weight excluding hydrogens is 230 g/mol. The molecule has 1 aliphatic heterocycles. The molecule has 0 bridgehead atoms. The van der Waals surface area contributed by atoms with Crippen molar-refractivity contribution >= 4 is 5.91 Å². The molecule has 1 fully saturated rings. The van der Waals surface area contributed by atoms with E-state index < -0.39 is 0 Å². The lowest BCUT2D eigenvalue weighted by Gasteiger charge is -2.21. The molecule has 5 nitrogen and oxygen atoms in total. The standard InChI is InChI=1S/C13H21N3O2/c1-3-10-5-4-6-16(10)8-11-7-12(9(2)18-11)13(17)15-14/h7,10H,3-6,8,14H2,1-2H3,(H,15,17). The van der Waals surface area contributed by atoms with Crippen molar-refractivity contribution < 1.29 is 9.21 Å². The Morgan fingerprint density at radius 2 is 2.44 bits per heavy atom. The van der Waals surface area contributed by atoms with Gasteiger partial charge in [-0.15, -0.1) is 0 Å².